The maximum Gasteiger partial charge on any atom is 0.329 e. The van der Waals surface area contributed by atoms with Gasteiger partial charge in [0.25, 0.3) is 0 Å². The number of benzene rings is 2. The minimum absolute atomic E-state index is 0.0355. The van der Waals surface area contributed by atoms with Crippen LogP contribution < -0.4 is 11.0 Å². The number of aromatic nitrogens is 3. The van der Waals surface area contributed by atoms with Gasteiger partial charge in [-0.1, -0.05) is 37.3 Å². The molecule has 0 aliphatic heterocycles. The van der Waals surface area contributed by atoms with Crippen LogP contribution in [0, 0.1) is 0 Å². The maximum absolute atomic E-state index is 13.5. The molecule has 10 heteroatoms. The van der Waals surface area contributed by atoms with E-state index in [0.29, 0.717) is 5.56 Å². The molecule has 0 aliphatic carbocycles. The van der Waals surface area contributed by atoms with Gasteiger partial charge in [-0.2, -0.15) is 0 Å². The van der Waals surface area contributed by atoms with Crippen LogP contribution in [0.4, 0.5) is 5.13 Å². The lowest BCUT2D eigenvalue weighted by Gasteiger charge is -2.24. The number of phenols is 1. The second-order valence-electron chi connectivity index (χ2n) is 7.77. The maximum atomic E-state index is 13.5. The van der Waals surface area contributed by atoms with Crippen LogP contribution in [0.25, 0.3) is 11.3 Å². The van der Waals surface area contributed by atoms with Crippen LogP contribution in [0.1, 0.15) is 41.9 Å². The number of phenolic OH excluding ortho intramolecular Hbond substituents is 1. The molecule has 0 saturated heterocycles. The van der Waals surface area contributed by atoms with Crippen LogP contribution >= 0.6 is 11.3 Å². The van der Waals surface area contributed by atoms with Gasteiger partial charge in [-0.15, -0.1) is 11.3 Å². The van der Waals surface area contributed by atoms with E-state index >= 15 is 0 Å². The molecule has 4 aromatic rings. The molecule has 9 nitrogen and oxygen atoms in total. The number of ketones is 1. The highest BCUT2D eigenvalue weighted by Gasteiger charge is 2.33. The predicted molar refractivity (Wildman–Crippen MR) is 128 cm³/mol. The molecule has 0 unspecified atom stereocenters. The number of hydrogen-bond donors (Lipinski definition) is 4. The Balaban J connectivity index is 1.78. The van der Waals surface area contributed by atoms with Crippen LogP contribution in [0.2, 0.25) is 0 Å². The van der Waals surface area contributed by atoms with Crippen molar-refractivity contribution in [3.8, 4) is 22.9 Å². The number of rotatable bonds is 7. The Bertz CT molecular complexity index is 1390. The summed E-state index contributed by atoms with van der Waals surface area (Å²) in [6, 6.07) is 13.9. The third-order valence-corrected chi connectivity index (χ3v) is 6.26. The topological polar surface area (TPSA) is 137 Å². The Kier molecular flexibility index (Phi) is 6.33. The zero-order valence-electron chi connectivity index (χ0n) is 18.4. The van der Waals surface area contributed by atoms with Crippen LogP contribution in [0.15, 0.2) is 64.8 Å². The summed E-state index contributed by atoms with van der Waals surface area (Å²) in [5, 5.41) is 25.0. The standard InChI is InChI=1S/C24H22N4O5S/c1-13(15-6-4-3-5-7-15)20(21(31)27-23-25-18(12-34-23)14(2)29)28-22(32)19(26-24(28)33)16-8-10-17(30)11-9-16/h3-13,20,30,32H,1-2H3,(H,26,33)(H,25,27,31)/t13-,20-/m0/s1. The first-order valence-corrected chi connectivity index (χ1v) is 11.3. The molecule has 174 valence electrons. The van der Waals surface area contributed by atoms with Crippen molar-refractivity contribution in [2.75, 3.05) is 5.32 Å². The van der Waals surface area contributed by atoms with E-state index in [-0.39, 0.29) is 28.1 Å². The summed E-state index contributed by atoms with van der Waals surface area (Å²) in [6.07, 6.45) is 0. The second-order valence-corrected chi connectivity index (χ2v) is 8.63. The normalized spacial score (nSPS) is 12.8. The van der Waals surface area contributed by atoms with Gasteiger partial charge in [-0.3, -0.25) is 9.59 Å². The molecule has 4 N–H and O–H groups in total. The summed E-state index contributed by atoms with van der Waals surface area (Å²) in [4.78, 5) is 44.7. The van der Waals surface area contributed by atoms with Crippen molar-refractivity contribution < 1.29 is 19.8 Å². The summed E-state index contributed by atoms with van der Waals surface area (Å²) < 4.78 is 1.01. The van der Waals surface area contributed by atoms with Crippen LogP contribution in [-0.4, -0.2) is 36.4 Å². The van der Waals surface area contributed by atoms with Crippen molar-refractivity contribution in [1.82, 2.24) is 14.5 Å². The van der Waals surface area contributed by atoms with Crippen molar-refractivity contribution >= 4 is 28.2 Å². The monoisotopic (exact) mass is 478 g/mol. The minimum Gasteiger partial charge on any atom is -0.508 e. The number of anilines is 1. The zero-order valence-corrected chi connectivity index (χ0v) is 19.2. The summed E-state index contributed by atoms with van der Waals surface area (Å²) in [5.74, 6) is -1.70. The third-order valence-electron chi connectivity index (χ3n) is 5.50. The average Bonchev–Trinajstić information content (AvgIpc) is 3.40. The highest BCUT2D eigenvalue weighted by Crippen LogP contribution is 2.35. The third kappa shape index (κ3) is 4.48. The molecule has 0 bridgehead atoms. The number of hydrogen-bond acceptors (Lipinski definition) is 7. The van der Waals surface area contributed by atoms with Gasteiger partial charge in [0.2, 0.25) is 11.8 Å². The molecule has 2 aromatic heterocycles. The molecule has 0 aliphatic rings. The highest BCUT2D eigenvalue weighted by molar-refractivity contribution is 7.14. The lowest BCUT2D eigenvalue weighted by Crippen LogP contribution is -2.35. The van der Waals surface area contributed by atoms with E-state index in [9.17, 15) is 24.6 Å². The molecule has 2 atom stereocenters. The predicted octanol–water partition coefficient (Wildman–Crippen LogP) is 3.90. The van der Waals surface area contributed by atoms with Crippen molar-refractivity contribution in [3.63, 3.8) is 0 Å². The number of Topliss-reactive ketones (excluding diaryl/α,β-unsaturated/α-hetero) is 1. The van der Waals surface area contributed by atoms with E-state index in [4.69, 9.17) is 0 Å². The van der Waals surface area contributed by atoms with E-state index in [2.05, 4.69) is 15.3 Å². The molecule has 34 heavy (non-hydrogen) atoms. The molecule has 0 spiro atoms. The fourth-order valence-corrected chi connectivity index (χ4v) is 4.46. The van der Waals surface area contributed by atoms with E-state index < -0.39 is 29.4 Å². The minimum atomic E-state index is -1.14. The zero-order chi connectivity index (χ0) is 24.4. The lowest BCUT2D eigenvalue weighted by molar-refractivity contribution is -0.120. The van der Waals surface area contributed by atoms with Gasteiger partial charge in [-0.25, -0.2) is 14.3 Å². The molecular weight excluding hydrogens is 456 g/mol. The fourth-order valence-electron chi connectivity index (χ4n) is 3.71. The smallest absolute Gasteiger partial charge is 0.329 e. The Morgan fingerprint density at radius 2 is 1.76 bits per heavy atom. The molecule has 0 radical (unpaired) electrons. The number of amides is 1. The van der Waals surface area contributed by atoms with Gasteiger partial charge in [0.1, 0.15) is 23.2 Å². The number of carbonyl (C=O) groups excluding carboxylic acids is 2. The lowest BCUT2D eigenvalue weighted by atomic mass is 9.92. The van der Waals surface area contributed by atoms with E-state index in [1.807, 2.05) is 30.3 Å². The number of aromatic hydroxyl groups is 2. The molecule has 2 heterocycles. The van der Waals surface area contributed by atoms with Crippen molar-refractivity contribution in [1.29, 1.82) is 0 Å². The van der Waals surface area contributed by atoms with Gasteiger partial charge < -0.3 is 20.5 Å². The summed E-state index contributed by atoms with van der Waals surface area (Å²) in [7, 11) is 0. The average molecular weight is 479 g/mol. The summed E-state index contributed by atoms with van der Waals surface area (Å²) in [6.45, 7) is 3.16. The van der Waals surface area contributed by atoms with Gasteiger partial charge in [0.15, 0.2) is 10.9 Å². The number of carbonyl (C=O) groups is 2. The second kappa shape index (κ2) is 9.36. The Labute approximate surface area is 198 Å². The van der Waals surface area contributed by atoms with Crippen molar-refractivity contribution in [3.05, 3.63) is 81.7 Å². The molecule has 2 aromatic carbocycles. The first-order chi connectivity index (χ1) is 16.3. The molecule has 1 amide bonds. The number of thiazole rings is 1. The first kappa shape index (κ1) is 23.0. The number of aromatic amines is 1. The van der Waals surface area contributed by atoms with Crippen LogP contribution in [0.3, 0.4) is 0 Å². The van der Waals surface area contributed by atoms with E-state index in [0.717, 1.165) is 21.5 Å². The van der Waals surface area contributed by atoms with Crippen molar-refractivity contribution in [2.45, 2.75) is 25.8 Å². The Morgan fingerprint density at radius 3 is 2.38 bits per heavy atom. The molecule has 4 rings (SSSR count). The molecular formula is C24H22N4O5S. The van der Waals surface area contributed by atoms with E-state index in [1.54, 1.807) is 19.1 Å². The fraction of sp³-hybridized carbons (Fsp3) is 0.167. The molecule has 0 fully saturated rings. The summed E-state index contributed by atoms with van der Waals surface area (Å²) in [5.41, 5.74) is 0.918. The Hall–Kier alpha value is -4.18. The SMILES string of the molecule is CC(=O)c1csc(NC(=O)[C@H]([C@@H](C)c2ccccc2)n2c(O)c(-c3ccc(O)cc3)[nH]c2=O)n1. The summed E-state index contributed by atoms with van der Waals surface area (Å²) >= 11 is 1.09. The van der Waals surface area contributed by atoms with E-state index in [1.165, 1.54) is 24.4 Å². The van der Waals surface area contributed by atoms with Gasteiger partial charge in [-0.05, 0) is 29.8 Å². The van der Waals surface area contributed by atoms with Gasteiger partial charge in [0, 0.05) is 23.8 Å². The molecule has 0 saturated carbocycles. The first-order valence-electron chi connectivity index (χ1n) is 10.4. The number of H-pyrrole nitrogens is 1. The number of imidazole rings is 1. The highest BCUT2D eigenvalue weighted by atomic mass is 32.1. The van der Waals surface area contributed by atoms with Crippen molar-refractivity contribution in [2.24, 2.45) is 0 Å². The van der Waals surface area contributed by atoms with Gasteiger partial charge >= 0.3 is 5.69 Å². The van der Waals surface area contributed by atoms with Gasteiger partial charge in [0.05, 0.1) is 0 Å². The Morgan fingerprint density at radius 1 is 1.09 bits per heavy atom. The largest absolute Gasteiger partial charge is 0.508 e. The quantitative estimate of drug-likeness (QED) is 0.297. The van der Waals surface area contributed by atoms with Crippen LogP contribution in [0.5, 0.6) is 11.6 Å². The number of nitrogens with one attached hydrogen (secondary N) is 2. The number of nitrogens with zero attached hydrogens (tertiary/aromatic N) is 2. The van der Waals surface area contributed by atoms with Crippen LogP contribution in [-0.2, 0) is 4.79 Å².